The molecule has 0 aromatic heterocycles. The van der Waals surface area contributed by atoms with E-state index in [-0.39, 0.29) is 83.3 Å². The van der Waals surface area contributed by atoms with Crippen molar-refractivity contribution in [3.63, 3.8) is 0 Å². The fourth-order valence-electron chi connectivity index (χ4n) is 13.5. The summed E-state index contributed by atoms with van der Waals surface area (Å²) in [6.07, 6.45) is 6.20. The van der Waals surface area contributed by atoms with Gasteiger partial charge in [-0.2, -0.15) is 0 Å². The summed E-state index contributed by atoms with van der Waals surface area (Å²) in [5, 5.41) is 22.3. The molecule has 0 aliphatic heterocycles. The largest absolute Gasteiger partial charge is 0.481 e. The van der Waals surface area contributed by atoms with Gasteiger partial charge in [0.1, 0.15) is 12.7 Å². The van der Waals surface area contributed by atoms with Crippen molar-refractivity contribution in [2.75, 3.05) is 20.3 Å². The van der Waals surface area contributed by atoms with Crippen molar-refractivity contribution in [3.8, 4) is 0 Å². The molecular formula is C47H68ClNO8. The van der Waals surface area contributed by atoms with Crippen LogP contribution in [0.4, 0.5) is 0 Å². The summed E-state index contributed by atoms with van der Waals surface area (Å²) < 4.78 is 11.4. The number of halogens is 1. The van der Waals surface area contributed by atoms with Crippen molar-refractivity contribution in [1.82, 2.24) is 4.90 Å². The number of benzene rings is 1. The highest BCUT2D eigenvalue weighted by Crippen LogP contribution is 2.76. The number of allylic oxidation sites excluding steroid dienone is 2. The maximum absolute atomic E-state index is 14.7. The molecule has 4 fully saturated rings. The zero-order valence-electron chi connectivity index (χ0n) is 36.1. The fraction of sp³-hybridized carbons (Fsp3) is 0.745. The van der Waals surface area contributed by atoms with Gasteiger partial charge in [0.15, 0.2) is 5.78 Å². The first kappa shape index (κ1) is 43.8. The number of aliphatic carboxylic acids is 1. The summed E-state index contributed by atoms with van der Waals surface area (Å²) in [6, 6.07) is 7.32. The molecule has 6 rings (SSSR count). The lowest BCUT2D eigenvalue weighted by atomic mass is 9.33. The zero-order chi connectivity index (χ0) is 42.0. The number of carbonyl (C=O) groups excluding carboxylic acids is 3. The van der Waals surface area contributed by atoms with Crippen LogP contribution >= 0.6 is 11.6 Å². The van der Waals surface area contributed by atoms with Gasteiger partial charge in [0.05, 0.1) is 23.9 Å². The number of esters is 1. The standard InChI is InChI=1S/C47H68ClNO8/c1-27(2)38-39-30(40(41(38)53)32(50)25-49(36(51)26-56-10)24-28-11-13-29(48)14-12-28)17-21-46(8)31(39)15-16-34-45(7)20-19-35(57-37(52)23-43(3,4)42(54)55)44(5,6)33(45)18-22-47(34,46)9/h11-14,27,30-35,40,50H,15-26H2,1-10H3,(H,54,55)/t30?,31-,32+,33-,34-,35+,40?,45+,46-,47-/m1/s1. The molecule has 10 atom stereocenters. The number of nitrogens with zero attached hydrogens (tertiary/aromatic N) is 1. The highest BCUT2D eigenvalue weighted by molar-refractivity contribution is 6.30. The quantitative estimate of drug-likeness (QED) is 0.200. The van der Waals surface area contributed by atoms with E-state index >= 15 is 0 Å². The number of methoxy groups -OCH3 is 1. The minimum atomic E-state index is -1.18. The minimum absolute atomic E-state index is 0.0217. The summed E-state index contributed by atoms with van der Waals surface area (Å²) >= 11 is 6.14. The van der Waals surface area contributed by atoms with Gasteiger partial charge in [0.2, 0.25) is 5.91 Å². The van der Waals surface area contributed by atoms with Crippen molar-refractivity contribution in [3.05, 3.63) is 46.0 Å². The number of amides is 1. The molecule has 5 aliphatic rings. The first-order valence-corrected chi connectivity index (χ1v) is 21.8. The van der Waals surface area contributed by atoms with E-state index < -0.39 is 29.4 Å². The van der Waals surface area contributed by atoms with E-state index in [0.717, 1.165) is 62.5 Å². The van der Waals surface area contributed by atoms with E-state index in [4.69, 9.17) is 21.1 Å². The third-order valence-corrected chi connectivity index (χ3v) is 16.9. The summed E-state index contributed by atoms with van der Waals surface area (Å²) in [6.45, 7) is 19.6. The van der Waals surface area contributed by atoms with Crippen LogP contribution in [0, 0.1) is 62.6 Å². The third kappa shape index (κ3) is 7.42. The minimum Gasteiger partial charge on any atom is -0.481 e. The van der Waals surface area contributed by atoms with Gasteiger partial charge in [0.25, 0.3) is 0 Å². The Morgan fingerprint density at radius 2 is 1.58 bits per heavy atom. The number of hydrogen-bond donors (Lipinski definition) is 2. The van der Waals surface area contributed by atoms with Crippen LogP contribution in [0.3, 0.4) is 0 Å². The molecule has 9 nitrogen and oxygen atoms in total. The van der Waals surface area contributed by atoms with Gasteiger partial charge in [-0.05, 0) is 134 Å². The highest BCUT2D eigenvalue weighted by atomic mass is 35.5. The van der Waals surface area contributed by atoms with E-state index in [2.05, 4.69) is 48.5 Å². The molecule has 0 radical (unpaired) electrons. The predicted octanol–water partition coefficient (Wildman–Crippen LogP) is 8.93. The fourth-order valence-corrected chi connectivity index (χ4v) is 13.7. The van der Waals surface area contributed by atoms with E-state index in [1.54, 1.807) is 30.9 Å². The average Bonchev–Trinajstić information content (AvgIpc) is 3.42. The summed E-state index contributed by atoms with van der Waals surface area (Å²) in [5.41, 5.74) is 1.64. The van der Waals surface area contributed by atoms with Crippen LogP contribution in [0.1, 0.15) is 126 Å². The number of carbonyl (C=O) groups is 4. The van der Waals surface area contributed by atoms with Gasteiger partial charge in [-0.1, -0.05) is 77.8 Å². The van der Waals surface area contributed by atoms with Crippen LogP contribution in [0.25, 0.3) is 0 Å². The Hall–Kier alpha value is -2.75. The molecule has 0 bridgehead atoms. The lowest BCUT2D eigenvalue weighted by Gasteiger charge is -2.71. The molecule has 10 heteroatoms. The van der Waals surface area contributed by atoms with Crippen molar-refractivity contribution >= 4 is 35.2 Å². The predicted molar refractivity (Wildman–Crippen MR) is 220 cm³/mol. The average molecular weight is 811 g/mol. The molecule has 1 aromatic rings. The lowest BCUT2D eigenvalue weighted by Crippen LogP contribution is -2.65. The van der Waals surface area contributed by atoms with Crippen LogP contribution < -0.4 is 0 Å². The Balaban J connectivity index is 1.24. The second kappa shape index (κ2) is 15.7. The number of carboxylic acid groups (broad SMARTS) is 1. The maximum Gasteiger partial charge on any atom is 0.309 e. The number of aliphatic hydroxyl groups is 1. The van der Waals surface area contributed by atoms with Crippen LogP contribution in [0.5, 0.6) is 0 Å². The molecule has 5 aliphatic carbocycles. The van der Waals surface area contributed by atoms with Crippen LogP contribution in [0.2, 0.25) is 5.02 Å². The van der Waals surface area contributed by atoms with E-state index in [1.807, 2.05) is 12.1 Å². The molecule has 0 saturated heterocycles. The molecule has 1 amide bonds. The Morgan fingerprint density at radius 3 is 2.19 bits per heavy atom. The smallest absolute Gasteiger partial charge is 0.309 e. The number of Topliss-reactive ketones (excluding diaryl/α,β-unsaturated/α-hetero) is 1. The number of rotatable bonds is 12. The zero-order valence-corrected chi connectivity index (χ0v) is 36.8. The maximum atomic E-state index is 14.7. The van der Waals surface area contributed by atoms with Gasteiger partial charge in [-0.15, -0.1) is 0 Å². The molecule has 2 unspecified atom stereocenters. The Kier molecular flexibility index (Phi) is 12.1. The SMILES string of the molecule is COCC(=O)N(Cc1ccc(Cl)cc1)C[C@H](O)C1C(=O)C(C(C)C)=C2C1CC[C@]1(C)[C@@H]2CC[C@@H]2[C@@]3(C)CC[C@H](OC(=O)CC(C)(C)C(=O)O)C(C)(C)[C@H]3CC[C@]21C. The Morgan fingerprint density at radius 1 is 0.930 bits per heavy atom. The molecule has 57 heavy (non-hydrogen) atoms. The molecule has 0 heterocycles. The van der Waals surface area contributed by atoms with Crippen molar-refractivity contribution < 1.29 is 38.9 Å². The first-order valence-electron chi connectivity index (χ1n) is 21.4. The van der Waals surface area contributed by atoms with E-state index in [0.29, 0.717) is 16.9 Å². The summed E-state index contributed by atoms with van der Waals surface area (Å²) in [7, 11) is 1.48. The number of fused-ring (bicyclic) bond motifs is 7. The van der Waals surface area contributed by atoms with Gasteiger partial charge in [-0.25, -0.2) is 0 Å². The molecular weight excluding hydrogens is 742 g/mol. The second-order valence-electron chi connectivity index (χ2n) is 20.8. The van der Waals surface area contributed by atoms with Gasteiger partial charge in [0, 0.05) is 30.6 Å². The van der Waals surface area contributed by atoms with E-state index in [9.17, 15) is 29.4 Å². The summed E-state index contributed by atoms with van der Waals surface area (Å²) in [5.74, 6) is -1.22. The number of carboxylic acids is 1. The number of ketones is 1. The molecule has 0 spiro atoms. The normalized spacial score (nSPS) is 35.1. The van der Waals surface area contributed by atoms with Gasteiger partial charge < -0.3 is 24.6 Å². The van der Waals surface area contributed by atoms with Crippen molar-refractivity contribution in [2.45, 2.75) is 139 Å². The summed E-state index contributed by atoms with van der Waals surface area (Å²) in [4.78, 5) is 54.5. The van der Waals surface area contributed by atoms with E-state index in [1.165, 1.54) is 12.7 Å². The molecule has 316 valence electrons. The first-order chi connectivity index (χ1) is 26.5. The van der Waals surface area contributed by atoms with Gasteiger partial charge >= 0.3 is 11.9 Å². The molecule has 4 saturated carbocycles. The monoisotopic (exact) mass is 809 g/mol. The third-order valence-electron chi connectivity index (χ3n) is 16.6. The molecule has 1 aromatic carbocycles. The van der Waals surface area contributed by atoms with Crippen LogP contribution in [0.15, 0.2) is 35.4 Å². The number of hydrogen-bond acceptors (Lipinski definition) is 7. The van der Waals surface area contributed by atoms with Crippen molar-refractivity contribution in [2.24, 2.45) is 62.6 Å². The Bertz CT molecular complexity index is 1770. The lowest BCUT2D eigenvalue weighted by molar-refractivity contribution is -0.232. The second-order valence-corrected chi connectivity index (χ2v) is 21.2. The van der Waals surface area contributed by atoms with Crippen molar-refractivity contribution in [1.29, 1.82) is 0 Å². The Labute approximate surface area is 345 Å². The van der Waals surface area contributed by atoms with Gasteiger partial charge in [-0.3, -0.25) is 19.2 Å². The number of ether oxygens (including phenoxy) is 2. The van der Waals surface area contributed by atoms with Crippen LogP contribution in [-0.4, -0.2) is 71.2 Å². The molecule has 2 N–H and O–H groups in total. The highest BCUT2D eigenvalue weighted by Gasteiger charge is 2.69. The number of aliphatic hydroxyl groups excluding tert-OH is 1. The topological polar surface area (TPSA) is 130 Å². The van der Waals surface area contributed by atoms with Crippen LogP contribution in [-0.2, 0) is 35.2 Å².